The zero-order valence-corrected chi connectivity index (χ0v) is 15.5. The third-order valence-electron chi connectivity index (χ3n) is 4.13. The van der Waals surface area contributed by atoms with Crippen molar-refractivity contribution in [1.29, 1.82) is 0 Å². The van der Waals surface area contributed by atoms with Crippen LogP contribution in [0.1, 0.15) is 32.6 Å². The molecule has 0 radical (unpaired) electrons. The molecule has 0 unspecified atom stereocenters. The maximum atomic E-state index is 11.8. The van der Waals surface area contributed by atoms with Crippen LogP contribution in [0.5, 0.6) is 0 Å². The molecule has 0 aromatic rings. The van der Waals surface area contributed by atoms with Gasteiger partial charge < -0.3 is 9.80 Å². The Kier molecular flexibility index (Phi) is 9.97. The van der Waals surface area contributed by atoms with Crippen molar-refractivity contribution in [2.45, 2.75) is 32.6 Å². The van der Waals surface area contributed by atoms with E-state index in [4.69, 9.17) is 0 Å². The number of hydrogen-bond acceptors (Lipinski definition) is 3. The molecule has 1 N–H and O–H groups in total. The maximum absolute atomic E-state index is 11.8. The second-order valence-electron chi connectivity index (χ2n) is 6.87. The van der Waals surface area contributed by atoms with E-state index >= 15 is 0 Å². The minimum atomic E-state index is 0.165. The lowest BCUT2D eigenvalue weighted by atomic mass is 10.1. The van der Waals surface area contributed by atoms with E-state index in [1.165, 1.54) is 0 Å². The molecule has 0 fully saturated rings. The van der Waals surface area contributed by atoms with E-state index in [1.807, 2.05) is 19.1 Å². The number of nitrogens with one attached hydrogen (secondary N) is 1. The molecule has 0 aliphatic heterocycles. The number of carbonyl (C=O) groups excluding carboxylic acids is 1. The summed E-state index contributed by atoms with van der Waals surface area (Å²) >= 11 is 0. The second kappa shape index (κ2) is 11.8. The molecule has 0 aromatic carbocycles. The molecule has 0 spiro atoms. The zero-order valence-electron chi connectivity index (χ0n) is 15.5. The summed E-state index contributed by atoms with van der Waals surface area (Å²) in [5.74, 6) is 0.606. The fourth-order valence-electron chi connectivity index (χ4n) is 2.65. The normalized spacial score (nSPS) is 13.8. The first-order valence-corrected chi connectivity index (χ1v) is 9.05. The molecule has 1 amide bonds. The van der Waals surface area contributed by atoms with Gasteiger partial charge >= 0.3 is 0 Å². The summed E-state index contributed by atoms with van der Waals surface area (Å²) in [5, 5.41) is 3.03. The number of hydrogen-bond donors (Lipinski definition) is 1. The lowest BCUT2D eigenvalue weighted by molar-refractivity contribution is -0.890. The molecule has 134 valence electrons. The van der Waals surface area contributed by atoms with Crippen molar-refractivity contribution in [2.24, 2.45) is 15.9 Å². The van der Waals surface area contributed by atoms with Crippen molar-refractivity contribution in [2.75, 3.05) is 46.8 Å². The minimum Gasteiger partial charge on any atom is -0.356 e. The van der Waals surface area contributed by atoms with Gasteiger partial charge in [-0.15, -0.1) is 0 Å². The van der Waals surface area contributed by atoms with Gasteiger partial charge in [0.1, 0.15) is 0 Å². The van der Waals surface area contributed by atoms with Crippen LogP contribution < -0.4 is 5.32 Å². The standard InChI is InChI=1S/C19H32N4O/c1-4-20-17-21-13-7-15-23(2,3)16-8-14-22-19(24)12-11-18-9-5-6-10-18/h5-6,9-10,18H,4,7-8,11-16H2,1-3H3/p+1. The lowest BCUT2D eigenvalue weighted by Gasteiger charge is -2.29. The van der Waals surface area contributed by atoms with Gasteiger partial charge in [0.25, 0.3) is 0 Å². The smallest absolute Gasteiger partial charge is 0.220 e. The molecule has 0 saturated heterocycles. The predicted octanol–water partition coefficient (Wildman–Crippen LogP) is 2.68. The van der Waals surface area contributed by atoms with Crippen LogP contribution in [0.3, 0.4) is 0 Å². The number of carbonyl (C=O) groups is 1. The Morgan fingerprint density at radius 2 is 1.88 bits per heavy atom. The molecular weight excluding hydrogens is 300 g/mol. The first kappa shape index (κ1) is 20.3. The van der Waals surface area contributed by atoms with Crippen LogP contribution >= 0.6 is 0 Å². The van der Waals surface area contributed by atoms with Crippen molar-refractivity contribution in [3.05, 3.63) is 24.3 Å². The van der Waals surface area contributed by atoms with Crippen LogP contribution in [0.2, 0.25) is 0 Å². The van der Waals surface area contributed by atoms with Crippen LogP contribution in [-0.4, -0.2) is 63.2 Å². The summed E-state index contributed by atoms with van der Waals surface area (Å²) in [6, 6.07) is 2.71. The van der Waals surface area contributed by atoms with Crippen LogP contribution in [0.4, 0.5) is 0 Å². The molecular formula is C19H33N4O+. The summed E-state index contributed by atoms with van der Waals surface area (Å²) in [4.78, 5) is 19.9. The highest BCUT2D eigenvalue weighted by Gasteiger charge is 2.14. The Morgan fingerprint density at radius 1 is 1.17 bits per heavy atom. The van der Waals surface area contributed by atoms with Gasteiger partial charge in [0.05, 0.1) is 39.7 Å². The molecule has 1 aliphatic rings. The Hall–Kier alpha value is -1.71. The van der Waals surface area contributed by atoms with E-state index in [0.29, 0.717) is 12.3 Å². The van der Waals surface area contributed by atoms with Gasteiger partial charge in [-0.3, -0.25) is 4.79 Å². The predicted molar refractivity (Wildman–Crippen MR) is 100 cm³/mol. The van der Waals surface area contributed by atoms with E-state index in [0.717, 1.165) is 56.5 Å². The van der Waals surface area contributed by atoms with Gasteiger partial charge in [-0.1, -0.05) is 24.3 Å². The highest BCUT2D eigenvalue weighted by atomic mass is 16.1. The average molecular weight is 334 g/mol. The van der Waals surface area contributed by atoms with E-state index in [-0.39, 0.29) is 5.91 Å². The van der Waals surface area contributed by atoms with Crippen molar-refractivity contribution in [3.8, 4) is 0 Å². The highest BCUT2D eigenvalue weighted by molar-refractivity contribution is 5.75. The van der Waals surface area contributed by atoms with Gasteiger partial charge in [-0.2, -0.15) is 0 Å². The average Bonchev–Trinajstić information content (AvgIpc) is 3.06. The lowest BCUT2D eigenvalue weighted by Crippen LogP contribution is -2.42. The fraction of sp³-hybridized carbons (Fsp3) is 0.684. The van der Waals surface area contributed by atoms with Crippen LogP contribution in [0.25, 0.3) is 0 Å². The number of amides is 1. The molecule has 0 atom stereocenters. The monoisotopic (exact) mass is 333 g/mol. The van der Waals surface area contributed by atoms with Gasteiger partial charge in [0.15, 0.2) is 0 Å². The molecule has 24 heavy (non-hydrogen) atoms. The topological polar surface area (TPSA) is 53.8 Å². The quantitative estimate of drug-likeness (QED) is 0.333. The largest absolute Gasteiger partial charge is 0.356 e. The first-order chi connectivity index (χ1) is 11.5. The molecule has 0 aromatic heterocycles. The van der Waals surface area contributed by atoms with Crippen LogP contribution in [0.15, 0.2) is 34.3 Å². The first-order valence-electron chi connectivity index (χ1n) is 9.05. The summed E-state index contributed by atoms with van der Waals surface area (Å²) < 4.78 is 0.952. The SMILES string of the molecule is CCN=C=NCCC[N+](C)(C)CCCNC(=O)CCC1C=CC=C1. The zero-order chi connectivity index (χ0) is 17.7. The Bertz CT molecular complexity index is 476. The van der Waals surface area contributed by atoms with E-state index in [2.05, 4.69) is 47.6 Å². The van der Waals surface area contributed by atoms with Gasteiger partial charge in [0.2, 0.25) is 5.91 Å². The number of nitrogens with zero attached hydrogens (tertiary/aromatic N) is 3. The summed E-state index contributed by atoms with van der Waals surface area (Å²) in [5.41, 5.74) is 0. The van der Waals surface area contributed by atoms with Crippen molar-refractivity contribution in [3.63, 3.8) is 0 Å². The van der Waals surface area contributed by atoms with Crippen LogP contribution in [-0.2, 0) is 4.79 Å². The van der Waals surface area contributed by atoms with Crippen molar-refractivity contribution < 1.29 is 9.28 Å². The second-order valence-corrected chi connectivity index (χ2v) is 6.87. The number of allylic oxidation sites excluding steroid dienone is 4. The maximum Gasteiger partial charge on any atom is 0.220 e. The van der Waals surface area contributed by atoms with E-state index in [1.54, 1.807) is 0 Å². The Balaban J connectivity index is 2.05. The van der Waals surface area contributed by atoms with Crippen molar-refractivity contribution in [1.82, 2.24) is 5.32 Å². The fourth-order valence-corrected chi connectivity index (χ4v) is 2.65. The van der Waals surface area contributed by atoms with E-state index in [9.17, 15) is 4.79 Å². The number of rotatable bonds is 12. The minimum absolute atomic E-state index is 0.165. The molecule has 0 bridgehead atoms. The molecule has 1 rings (SSSR count). The molecule has 1 aliphatic carbocycles. The Labute approximate surface area is 146 Å². The third-order valence-corrected chi connectivity index (χ3v) is 4.13. The third kappa shape index (κ3) is 10.1. The van der Waals surface area contributed by atoms with Crippen LogP contribution in [0, 0.1) is 5.92 Å². The van der Waals surface area contributed by atoms with E-state index < -0.39 is 0 Å². The number of quaternary nitrogens is 1. The van der Waals surface area contributed by atoms with Gasteiger partial charge in [0, 0.05) is 32.4 Å². The Morgan fingerprint density at radius 3 is 2.58 bits per heavy atom. The van der Waals surface area contributed by atoms with Gasteiger partial charge in [-0.25, -0.2) is 9.98 Å². The summed E-state index contributed by atoms with van der Waals surface area (Å²) in [6.45, 7) is 6.39. The molecule has 5 heteroatoms. The van der Waals surface area contributed by atoms with Crippen molar-refractivity contribution >= 4 is 11.9 Å². The highest BCUT2D eigenvalue weighted by Crippen LogP contribution is 2.14. The molecule has 0 saturated carbocycles. The molecule has 5 nitrogen and oxygen atoms in total. The summed E-state index contributed by atoms with van der Waals surface area (Å²) in [6.07, 6.45) is 11.9. The number of aliphatic imine (C=N–C) groups is 2. The van der Waals surface area contributed by atoms with Gasteiger partial charge in [-0.05, 0) is 19.3 Å². The molecule has 0 heterocycles. The summed E-state index contributed by atoms with van der Waals surface area (Å²) in [7, 11) is 4.45.